The Labute approximate surface area is 164 Å². The highest BCUT2D eigenvalue weighted by Gasteiger charge is 2.29. The number of nitro benzene ring substituents is 1. The van der Waals surface area contributed by atoms with Crippen LogP contribution < -0.4 is 4.74 Å². The molecule has 144 valence electrons. The number of rotatable bonds is 5. The van der Waals surface area contributed by atoms with E-state index in [1.165, 1.54) is 5.69 Å². The molecule has 1 aliphatic heterocycles. The van der Waals surface area contributed by atoms with E-state index in [-0.39, 0.29) is 16.7 Å². The number of hydrogen-bond donors (Lipinski definition) is 0. The molecule has 2 aromatic carbocycles. The zero-order chi connectivity index (χ0) is 19.5. The number of benzene rings is 2. The molecule has 0 spiro atoms. The number of ether oxygens (including phenoxy) is 1. The minimum absolute atomic E-state index is 0.00686. The van der Waals surface area contributed by atoms with E-state index in [1.54, 1.807) is 19.2 Å². The second-order valence-corrected chi connectivity index (χ2v) is 7.02. The molecule has 6 nitrogen and oxygen atoms in total. The van der Waals surface area contributed by atoms with E-state index >= 15 is 0 Å². The highest BCUT2D eigenvalue weighted by Crippen LogP contribution is 2.35. The summed E-state index contributed by atoms with van der Waals surface area (Å²) < 4.78 is 7.72. The molecule has 6 heteroatoms. The number of hydrogen-bond acceptors (Lipinski definition) is 4. The molecule has 0 fully saturated rings. The van der Waals surface area contributed by atoms with Crippen molar-refractivity contribution in [2.75, 3.05) is 13.7 Å². The molecule has 28 heavy (non-hydrogen) atoms. The van der Waals surface area contributed by atoms with Crippen LogP contribution in [0.15, 0.2) is 66.9 Å². The van der Waals surface area contributed by atoms with Crippen LogP contribution >= 0.6 is 0 Å². The van der Waals surface area contributed by atoms with Crippen molar-refractivity contribution in [3.8, 4) is 5.75 Å². The van der Waals surface area contributed by atoms with Crippen molar-refractivity contribution < 1.29 is 9.66 Å². The van der Waals surface area contributed by atoms with Crippen LogP contribution in [-0.4, -0.2) is 28.0 Å². The summed E-state index contributed by atoms with van der Waals surface area (Å²) in [6.45, 7) is 2.32. The third kappa shape index (κ3) is 3.51. The van der Waals surface area contributed by atoms with Gasteiger partial charge >= 0.3 is 0 Å². The molecule has 1 aromatic heterocycles. The van der Waals surface area contributed by atoms with Crippen LogP contribution in [0.3, 0.4) is 0 Å². The zero-order valence-electron chi connectivity index (χ0n) is 15.8. The standard InChI is InChI=1S/C22H23N3O3/c1-28-19-9-4-8-17(15-19)22-21-11-5-12-23(21)13-6-14-24(22)16-18-7-2-3-10-20(18)25(26)27/h2-5,7-12,15,22H,6,13-14,16H2,1H3. The monoisotopic (exact) mass is 377 g/mol. The minimum atomic E-state index is -0.295. The Balaban J connectivity index is 1.77. The van der Waals surface area contributed by atoms with Crippen LogP contribution in [0.1, 0.15) is 29.3 Å². The third-order valence-corrected chi connectivity index (χ3v) is 5.33. The Morgan fingerprint density at radius 2 is 1.96 bits per heavy atom. The van der Waals surface area contributed by atoms with E-state index in [0.717, 1.165) is 36.4 Å². The van der Waals surface area contributed by atoms with Gasteiger partial charge in [0.15, 0.2) is 0 Å². The van der Waals surface area contributed by atoms with Gasteiger partial charge in [0.05, 0.1) is 18.1 Å². The molecule has 0 amide bonds. The second-order valence-electron chi connectivity index (χ2n) is 7.02. The number of para-hydroxylation sites is 1. The van der Waals surface area contributed by atoms with Crippen molar-refractivity contribution in [3.05, 3.63) is 93.8 Å². The quantitative estimate of drug-likeness (QED) is 0.488. The molecule has 0 bridgehead atoms. The topological polar surface area (TPSA) is 60.5 Å². The first kappa shape index (κ1) is 18.3. The van der Waals surface area contributed by atoms with Crippen molar-refractivity contribution in [3.63, 3.8) is 0 Å². The van der Waals surface area contributed by atoms with Gasteiger partial charge in [-0.2, -0.15) is 0 Å². The van der Waals surface area contributed by atoms with Gasteiger partial charge in [0.1, 0.15) is 5.75 Å². The molecule has 0 saturated carbocycles. The van der Waals surface area contributed by atoms with E-state index in [2.05, 4.69) is 39.9 Å². The van der Waals surface area contributed by atoms with E-state index in [4.69, 9.17) is 4.74 Å². The Morgan fingerprint density at radius 1 is 1.11 bits per heavy atom. The summed E-state index contributed by atoms with van der Waals surface area (Å²) in [5, 5.41) is 11.5. The van der Waals surface area contributed by atoms with Gasteiger partial charge in [-0.25, -0.2) is 0 Å². The molecule has 1 unspecified atom stereocenters. The lowest BCUT2D eigenvalue weighted by atomic mass is 10.0. The van der Waals surface area contributed by atoms with Gasteiger partial charge in [0, 0.05) is 43.2 Å². The fourth-order valence-corrected chi connectivity index (χ4v) is 4.04. The minimum Gasteiger partial charge on any atom is -0.497 e. The Bertz CT molecular complexity index is 982. The van der Waals surface area contributed by atoms with Gasteiger partial charge in [-0.3, -0.25) is 15.0 Å². The molecular weight excluding hydrogens is 354 g/mol. The normalized spacial score (nSPS) is 17.0. The highest BCUT2D eigenvalue weighted by atomic mass is 16.6. The lowest BCUT2D eigenvalue weighted by Gasteiger charge is -2.30. The van der Waals surface area contributed by atoms with Crippen molar-refractivity contribution >= 4 is 5.69 Å². The molecule has 0 saturated heterocycles. The Morgan fingerprint density at radius 3 is 2.79 bits per heavy atom. The molecular formula is C22H23N3O3. The molecule has 1 atom stereocenters. The largest absolute Gasteiger partial charge is 0.497 e. The first-order valence-corrected chi connectivity index (χ1v) is 9.42. The first-order valence-electron chi connectivity index (χ1n) is 9.42. The van der Waals surface area contributed by atoms with Crippen molar-refractivity contribution in [1.82, 2.24) is 9.47 Å². The third-order valence-electron chi connectivity index (χ3n) is 5.33. The summed E-state index contributed by atoms with van der Waals surface area (Å²) in [6, 6.07) is 19.3. The second kappa shape index (κ2) is 7.86. The number of fused-ring (bicyclic) bond motifs is 1. The fraction of sp³-hybridized carbons (Fsp3) is 0.273. The fourth-order valence-electron chi connectivity index (χ4n) is 4.04. The van der Waals surface area contributed by atoms with E-state index in [1.807, 2.05) is 24.3 Å². The van der Waals surface area contributed by atoms with Gasteiger partial charge in [-0.1, -0.05) is 30.3 Å². The summed E-state index contributed by atoms with van der Waals surface area (Å²) in [5.74, 6) is 0.811. The molecule has 0 aliphatic carbocycles. The highest BCUT2D eigenvalue weighted by molar-refractivity contribution is 5.41. The van der Waals surface area contributed by atoms with Crippen molar-refractivity contribution in [2.45, 2.75) is 25.6 Å². The maximum Gasteiger partial charge on any atom is 0.273 e. The maximum atomic E-state index is 11.5. The number of methoxy groups -OCH3 is 1. The van der Waals surface area contributed by atoms with Crippen molar-refractivity contribution in [2.24, 2.45) is 0 Å². The van der Waals surface area contributed by atoms with Crippen LogP contribution in [0.5, 0.6) is 5.75 Å². The van der Waals surface area contributed by atoms with E-state index in [9.17, 15) is 10.1 Å². The Hall–Kier alpha value is -3.12. The number of nitrogens with zero attached hydrogens (tertiary/aromatic N) is 3. The summed E-state index contributed by atoms with van der Waals surface area (Å²) in [6.07, 6.45) is 3.10. The van der Waals surface area contributed by atoms with Crippen LogP contribution in [0, 0.1) is 10.1 Å². The number of nitro groups is 1. The van der Waals surface area contributed by atoms with Gasteiger partial charge in [0.2, 0.25) is 0 Å². The summed E-state index contributed by atoms with van der Waals surface area (Å²) >= 11 is 0. The molecule has 1 aliphatic rings. The average molecular weight is 377 g/mol. The summed E-state index contributed by atoms with van der Waals surface area (Å²) in [7, 11) is 1.67. The molecule has 4 rings (SSSR count). The predicted molar refractivity (Wildman–Crippen MR) is 107 cm³/mol. The van der Waals surface area contributed by atoms with Gasteiger partial charge in [0.25, 0.3) is 5.69 Å². The van der Waals surface area contributed by atoms with Crippen LogP contribution in [0.2, 0.25) is 0 Å². The number of aryl methyl sites for hydroxylation is 1. The smallest absolute Gasteiger partial charge is 0.273 e. The van der Waals surface area contributed by atoms with E-state index < -0.39 is 0 Å². The van der Waals surface area contributed by atoms with Crippen LogP contribution in [-0.2, 0) is 13.1 Å². The SMILES string of the molecule is COc1cccc(C2c3cccn3CCCN2Cc2ccccc2[N+](=O)[O-])c1. The lowest BCUT2D eigenvalue weighted by Crippen LogP contribution is -2.29. The zero-order valence-corrected chi connectivity index (χ0v) is 15.8. The van der Waals surface area contributed by atoms with Crippen molar-refractivity contribution in [1.29, 1.82) is 0 Å². The van der Waals surface area contributed by atoms with Crippen LogP contribution in [0.25, 0.3) is 0 Å². The van der Waals surface area contributed by atoms with E-state index in [0.29, 0.717) is 6.54 Å². The summed E-state index contributed by atoms with van der Waals surface area (Å²) in [5.41, 5.74) is 3.23. The average Bonchev–Trinajstić information content (AvgIpc) is 3.09. The predicted octanol–water partition coefficient (Wildman–Crippen LogP) is 4.40. The number of aromatic nitrogens is 1. The molecule has 0 radical (unpaired) electrons. The van der Waals surface area contributed by atoms with Crippen LogP contribution in [0.4, 0.5) is 5.69 Å². The summed E-state index contributed by atoms with van der Waals surface area (Å²) in [4.78, 5) is 13.5. The van der Waals surface area contributed by atoms with Gasteiger partial charge in [-0.15, -0.1) is 0 Å². The first-order chi connectivity index (χ1) is 13.7. The molecule has 2 heterocycles. The van der Waals surface area contributed by atoms with Gasteiger partial charge in [-0.05, 0) is 36.2 Å². The molecule has 0 N–H and O–H groups in total. The molecule has 3 aromatic rings. The maximum absolute atomic E-state index is 11.5. The Kier molecular flexibility index (Phi) is 5.12. The lowest BCUT2D eigenvalue weighted by molar-refractivity contribution is -0.385. The van der Waals surface area contributed by atoms with Gasteiger partial charge < -0.3 is 9.30 Å².